The van der Waals surface area contributed by atoms with E-state index in [1.165, 1.54) is 11.8 Å². The molecule has 0 aliphatic rings. The smallest absolute Gasteiger partial charge is 0.316 e. The molecule has 0 fully saturated rings. The summed E-state index contributed by atoms with van der Waals surface area (Å²) in [6, 6.07) is 9.79. The van der Waals surface area contributed by atoms with Crippen molar-refractivity contribution in [3.63, 3.8) is 0 Å². The Balaban J connectivity index is 2.28. The average molecular weight is 300 g/mol. The summed E-state index contributed by atoms with van der Waals surface area (Å²) < 4.78 is 5.09. The van der Waals surface area contributed by atoms with Crippen molar-refractivity contribution in [3.8, 4) is 6.07 Å². The fourth-order valence-electron chi connectivity index (χ4n) is 1.94. The van der Waals surface area contributed by atoms with Crippen molar-refractivity contribution in [3.05, 3.63) is 35.4 Å². The Morgan fingerprint density at radius 3 is 2.90 bits per heavy atom. The number of aromatic nitrogens is 1. The predicted octanol–water partition coefficient (Wildman–Crippen LogP) is 3.46. The fraction of sp³-hybridized carbons (Fsp3) is 0.312. The van der Waals surface area contributed by atoms with Crippen LogP contribution in [0.4, 0.5) is 0 Å². The van der Waals surface area contributed by atoms with Crippen LogP contribution in [0.3, 0.4) is 0 Å². The van der Waals surface area contributed by atoms with E-state index in [9.17, 15) is 10.1 Å². The lowest BCUT2D eigenvalue weighted by Gasteiger charge is -2.09. The van der Waals surface area contributed by atoms with E-state index in [-0.39, 0.29) is 17.8 Å². The number of esters is 1. The van der Waals surface area contributed by atoms with Gasteiger partial charge >= 0.3 is 5.97 Å². The van der Waals surface area contributed by atoms with Crippen molar-refractivity contribution in [2.75, 3.05) is 5.75 Å². The summed E-state index contributed by atoms with van der Waals surface area (Å²) >= 11 is 1.24. The molecule has 0 spiro atoms. The van der Waals surface area contributed by atoms with Crippen molar-refractivity contribution in [2.45, 2.75) is 31.9 Å². The molecule has 2 rings (SSSR count). The van der Waals surface area contributed by atoms with E-state index in [1.54, 1.807) is 13.8 Å². The van der Waals surface area contributed by atoms with Gasteiger partial charge in [-0.15, -0.1) is 0 Å². The number of hydrogen-bond donors (Lipinski definition) is 0. The zero-order valence-corrected chi connectivity index (χ0v) is 13.0. The summed E-state index contributed by atoms with van der Waals surface area (Å²) in [5.74, 6) is -0.150. The first-order valence-corrected chi connectivity index (χ1v) is 7.62. The van der Waals surface area contributed by atoms with Gasteiger partial charge in [-0.2, -0.15) is 5.26 Å². The minimum Gasteiger partial charge on any atom is -0.462 e. The second-order valence-electron chi connectivity index (χ2n) is 4.93. The summed E-state index contributed by atoms with van der Waals surface area (Å²) in [5, 5.41) is 10.7. The van der Waals surface area contributed by atoms with Crippen LogP contribution in [-0.4, -0.2) is 22.8 Å². The number of ether oxygens (including phenoxy) is 1. The second-order valence-corrected chi connectivity index (χ2v) is 5.89. The van der Waals surface area contributed by atoms with E-state index >= 15 is 0 Å². The van der Waals surface area contributed by atoms with Crippen molar-refractivity contribution in [1.82, 2.24) is 4.98 Å². The highest BCUT2D eigenvalue weighted by atomic mass is 32.2. The molecule has 5 heteroatoms. The molecule has 4 nitrogen and oxygen atoms in total. The van der Waals surface area contributed by atoms with Crippen LogP contribution in [0.2, 0.25) is 0 Å². The van der Waals surface area contributed by atoms with Gasteiger partial charge in [0, 0.05) is 5.39 Å². The van der Waals surface area contributed by atoms with E-state index in [0.717, 1.165) is 16.5 Å². The summed E-state index contributed by atoms with van der Waals surface area (Å²) in [5.41, 5.74) is 2.38. The molecule has 0 saturated carbocycles. The third kappa shape index (κ3) is 3.73. The van der Waals surface area contributed by atoms with Crippen LogP contribution >= 0.6 is 11.8 Å². The predicted molar refractivity (Wildman–Crippen MR) is 83.1 cm³/mol. The van der Waals surface area contributed by atoms with E-state index in [2.05, 4.69) is 11.1 Å². The number of nitrogens with zero attached hydrogens (tertiary/aromatic N) is 2. The molecule has 1 heterocycles. The summed E-state index contributed by atoms with van der Waals surface area (Å²) in [7, 11) is 0. The Morgan fingerprint density at radius 1 is 1.48 bits per heavy atom. The number of carbonyl (C=O) groups is 1. The zero-order chi connectivity index (χ0) is 15.4. The van der Waals surface area contributed by atoms with Gasteiger partial charge in [0.1, 0.15) is 11.1 Å². The maximum Gasteiger partial charge on any atom is 0.316 e. The maximum atomic E-state index is 11.6. The first-order chi connectivity index (χ1) is 10.0. The molecule has 0 saturated heterocycles. The van der Waals surface area contributed by atoms with E-state index in [0.29, 0.717) is 10.6 Å². The number of thioether (sulfide) groups is 1. The highest BCUT2D eigenvalue weighted by Crippen LogP contribution is 2.26. The molecule has 1 aromatic carbocycles. The van der Waals surface area contributed by atoms with Gasteiger partial charge in [-0.25, -0.2) is 4.98 Å². The van der Waals surface area contributed by atoms with Crippen LogP contribution in [0.5, 0.6) is 0 Å². The number of benzene rings is 1. The number of fused-ring (bicyclic) bond motifs is 1. The SMILES string of the molecule is Cc1cccc2cc(C#N)c(SCC(=O)OC(C)C)nc12. The second kappa shape index (κ2) is 6.59. The molecule has 0 N–H and O–H groups in total. The number of para-hydroxylation sites is 1. The topological polar surface area (TPSA) is 63.0 Å². The molecule has 0 aliphatic carbocycles. The molecule has 0 bridgehead atoms. The lowest BCUT2D eigenvalue weighted by Crippen LogP contribution is -2.13. The van der Waals surface area contributed by atoms with Gasteiger partial charge in [-0.05, 0) is 32.4 Å². The van der Waals surface area contributed by atoms with Gasteiger partial charge in [0.15, 0.2) is 0 Å². The van der Waals surface area contributed by atoms with Gasteiger partial charge in [0.05, 0.1) is 22.9 Å². The summed E-state index contributed by atoms with van der Waals surface area (Å²) in [6.07, 6.45) is -0.139. The zero-order valence-electron chi connectivity index (χ0n) is 12.2. The van der Waals surface area contributed by atoms with Gasteiger partial charge in [-0.3, -0.25) is 4.79 Å². The number of nitriles is 1. The van der Waals surface area contributed by atoms with Crippen molar-refractivity contribution >= 4 is 28.6 Å². The largest absolute Gasteiger partial charge is 0.462 e. The number of rotatable bonds is 4. The molecule has 0 amide bonds. The molecular weight excluding hydrogens is 284 g/mol. The normalized spacial score (nSPS) is 10.6. The molecule has 2 aromatic rings. The maximum absolute atomic E-state index is 11.6. The van der Waals surface area contributed by atoms with Gasteiger partial charge in [-0.1, -0.05) is 30.0 Å². The molecular formula is C16H16N2O2S. The van der Waals surface area contributed by atoms with Gasteiger partial charge in [0.25, 0.3) is 0 Å². The third-order valence-electron chi connectivity index (χ3n) is 2.83. The first kappa shape index (κ1) is 15.3. The summed E-state index contributed by atoms with van der Waals surface area (Å²) in [4.78, 5) is 16.1. The Morgan fingerprint density at radius 2 is 2.24 bits per heavy atom. The van der Waals surface area contributed by atoms with Gasteiger partial charge < -0.3 is 4.74 Å². The van der Waals surface area contributed by atoms with Crippen LogP contribution < -0.4 is 0 Å². The Labute approximate surface area is 128 Å². The highest BCUT2D eigenvalue weighted by Gasteiger charge is 2.12. The van der Waals surface area contributed by atoms with Crippen LogP contribution in [0.25, 0.3) is 10.9 Å². The molecule has 21 heavy (non-hydrogen) atoms. The molecule has 108 valence electrons. The lowest BCUT2D eigenvalue weighted by molar-refractivity contribution is -0.144. The van der Waals surface area contributed by atoms with Crippen molar-refractivity contribution in [2.24, 2.45) is 0 Å². The number of pyridine rings is 1. The van der Waals surface area contributed by atoms with Crippen LogP contribution in [0.1, 0.15) is 25.0 Å². The van der Waals surface area contributed by atoms with E-state index < -0.39 is 0 Å². The fourth-order valence-corrected chi connectivity index (χ4v) is 2.68. The number of aryl methyl sites for hydroxylation is 1. The van der Waals surface area contributed by atoms with E-state index in [1.807, 2.05) is 31.2 Å². The number of hydrogen-bond acceptors (Lipinski definition) is 5. The Bertz CT molecular complexity index is 720. The first-order valence-electron chi connectivity index (χ1n) is 6.64. The van der Waals surface area contributed by atoms with Crippen molar-refractivity contribution < 1.29 is 9.53 Å². The third-order valence-corrected chi connectivity index (χ3v) is 3.79. The minimum atomic E-state index is -0.300. The van der Waals surface area contributed by atoms with Gasteiger partial charge in [0.2, 0.25) is 0 Å². The van der Waals surface area contributed by atoms with Crippen LogP contribution in [-0.2, 0) is 9.53 Å². The standard InChI is InChI=1S/C16H16N2O2S/c1-10(2)20-14(19)9-21-16-13(8-17)7-12-6-4-5-11(3)15(12)18-16/h4-7,10H,9H2,1-3H3. The molecule has 0 aliphatic heterocycles. The Kier molecular flexibility index (Phi) is 4.81. The quantitative estimate of drug-likeness (QED) is 0.639. The molecule has 0 radical (unpaired) electrons. The lowest BCUT2D eigenvalue weighted by atomic mass is 10.1. The number of carbonyl (C=O) groups excluding carboxylic acids is 1. The molecule has 0 unspecified atom stereocenters. The molecule has 1 aromatic heterocycles. The Hall–Kier alpha value is -2.06. The van der Waals surface area contributed by atoms with Crippen molar-refractivity contribution in [1.29, 1.82) is 5.26 Å². The van der Waals surface area contributed by atoms with Crippen LogP contribution in [0.15, 0.2) is 29.3 Å². The summed E-state index contributed by atoms with van der Waals surface area (Å²) in [6.45, 7) is 5.59. The minimum absolute atomic E-state index is 0.139. The van der Waals surface area contributed by atoms with Crippen LogP contribution in [0, 0.1) is 18.3 Å². The highest BCUT2D eigenvalue weighted by molar-refractivity contribution is 7.99. The van der Waals surface area contributed by atoms with E-state index in [4.69, 9.17) is 4.74 Å². The molecule has 0 atom stereocenters. The monoisotopic (exact) mass is 300 g/mol. The average Bonchev–Trinajstić information content (AvgIpc) is 2.44.